The van der Waals surface area contributed by atoms with Crippen molar-refractivity contribution in [3.63, 3.8) is 0 Å². The van der Waals surface area contributed by atoms with Crippen molar-refractivity contribution in [1.82, 2.24) is 23.7 Å². The fraction of sp³-hybridized carbons (Fsp3) is 0.417. The summed E-state index contributed by atoms with van der Waals surface area (Å²) in [7, 11) is 2.77. The molecule has 0 radical (unpaired) electrons. The molecule has 0 atom stereocenters. The molecule has 0 aliphatic carbocycles. The first-order valence-electron chi connectivity index (χ1n) is 21.3. The first-order chi connectivity index (χ1) is 32.3. The monoisotopic (exact) mass is 1220 g/mol. The van der Waals surface area contributed by atoms with E-state index in [2.05, 4.69) is 21.0 Å². The highest BCUT2D eigenvalue weighted by molar-refractivity contribution is 14.1. The predicted octanol–water partition coefficient (Wildman–Crippen LogP) is 7.77. The normalized spacial score (nSPS) is 10.9. The number of carbonyl (C=O) groups excluding carboxylic acids is 2. The van der Waals surface area contributed by atoms with Crippen LogP contribution in [0, 0.1) is 18.8 Å². The maximum atomic E-state index is 14.4. The van der Waals surface area contributed by atoms with Crippen LogP contribution in [-0.4, -0.2) is 67.8 Å². The Hall–Kier alpha value is -5.32. The van der Waals surface area contributed by atoms with Gasteiger partial charge in [-0.15, -0.1) is 0 Å². The summed E-state index contributed by atoms with van der Waals surface area (Å²) < 4.78 is 50.1. The molecule has 0 aliphatic rings. The zero-order chi connectivity index (χ0) is 51.8. The summed E-state index contributed by atoms with van der Waals surface area (Å²) in [5.74, 6) is 1.71. The number of halogens is 4. The van der Waals surface area contributed by atoms with Gasteiger partial charge >= 0.3 is 17.3 Å². The molecule has 2 heterocycles. The van der Waals surface area contributed by atoms with Crippen LogP contribution in [0.25, 0.3) is 0 Å². The number of amides is 1. The van der Waals surface area contributed by atoms with Gasteiger partial charge in [-0.2, -0.15) is 0 Å². The molecule has 0 fully saturated rings. The van der Waals surface area contributed by atoms with Gasteiger partial charge in [-0.25, -0.2) is 34.5 Å². The molecule has 19 nitrogen and oxygen atoms in total. The van der Waals surface area contributed by atoms with Gasteiger partial charge in [-0.3, -0.25) is 37.5 Å². The molecular formula is C48H66F2I2N8O11. The average molecular weight is 1220 g/mol. The molecule has 2 aromatic heterocycles. The number of ether oxygens (including phenoxy) is 3. The van der Waals surface area contributed by atoms with Gasteiger partial charge in [0.15, 0.2) is 5.56 Å². The van der Waals surface area contributed by atoms with E-state index in [0.29, 0.717) is 20.4 Å². The van der Waals surface area contributed by atoms with E-state index in [1.165, 1.54) is 38.4 Å². The lowest BCUT2D eigenvalue weighted by atomic mass is 10.2. The first kappa shape index (κ1) is 63.7. The van der Waals surface area contributed by atoms with E-state index in [9.17, 15) is 37.5 Å². The van der Waals surface area contributed by atoms with Crippen molar-refractivity contribution in [2.45, 2.75) is 94.5 Å². The van der Waals surface area contributed by atoms with Gasteiger partial charge in [0, 0.05) is 34.3 Å². The maximum absolute atomic E-state index is 14.4. The third-order valence-corrected chi connectivity index (χ3v) is 10.4. The summed E-state index contributed by atoms with van der Waals surface area (Å²) >= 11 is 3.92. The van der Waals surface area contributed by atoms with E-state index in [4.69, 9.17) is 24.9 Å². The number of hydrogen-bond donors (Lipinski definition) is 4. The quantitative estimate of drug-likeness (QED) is 0.0243. The Kier molecular flexibility index (Phi) is 26.2. The molecule has 0 saturated carbocycles. The molecular weight excluding hydrogens is 1160 g/mol. The summed E-state index contributed by atoms with van der Waals surface area (Å²) in [5, 5.41) is 5.41. The van der Waals surface area contributed by atoms with E-state index in [1.807, 2.05) is 86.7 Å². The van der Waals surface area contributed by atoms with E-state index in [0.717, 1.165) is 18.3 Å². The number of benzene rings is 3. The van der Waals surface area contributed by atoms with Crippen molar-refractivity contribution in [2.75, 3.05) is 37.1 Å². The highest BCUT2D eigenvalue weighted by Crippen LogP contribution is 2.25. The number of hydrogen-bond acceptors (Lipinski definition) is 14. The van der Waals surface area contributed by atoms with Gasteiger partial charge in [0.2, 0.25) is 0 Å². The molecule has 0 aliphatic heterocycles. The van der Waals surface area contributed by atoms with E-state index in [1.54, 1.807) is 56.3 Å². The van der Waals surface area contributed by atoms with Gasteiger partial charge in [-0.05, 0) is 149 Å². The number of nitrogens with zero attached hydrogens (tertiary/aromatic N) is 4. The van der Waals surface area contributed by atoms with Crippen LogP contribution >= 0.6 is 45.2 Å². The number of esters is 1. The number of aromatic nitrogens is 4. The van der Waals surface area contributed by atoms with Crippen molar-refractivity contribution in [2.24, 2.45) is 20.0 Å². The zero-order valence-electron chi connectivity index (χ0n) is 40.0. The van der Waals surface area contributed by atoms with Crippen LogP contribution in [0.15, 0.2) is 85.9 Å². The number of carbonyl (C=O) groups is 2. The fourth-order valence-electron chi connectivity index (χ4n) is 5.81. The molecule has 0 bridgehead atoms. The SMILES string of the molecule is C.C.CC(C)(C)OCCON.CCn1c(=O)c(C(=O)NOCCOC(C)(C)C)c(Nc2ccc(I)cc2F)n(C)c1=O.CCn1c(=O)c(C(=O)Oc2ccccc2)c(Nc2ccc(I)cc2F)n(C)c1=O. The van der Waals surface area contributed by atoms with Crippen molar-refractivity contribution >= 4 is 80.1 Å². The molecule has 5 aromatic rings. The van der Waals surface area contributed by atoms with Crippen LogP contribution in [0.4, 0.5) is 31.8 Å². The predicted molar refractivity (Wildman–Crippen MR) is 288 cm³/mol. The molecule has 0 unspecified atom stereocenters. The smallest absolute Gasteiger partial charge is 0.352 e. The van der Waals surface area contributed by atoms with Crippen molar-refractivity contribution < 1.29 is 42.3 Å². The Morgan fingerprint density at radius 1 is 0.648 bits per heavy atom. The van der Waals surface area contributed by atoms with E-state index >= 15 is 0 Å². The maximum Gasteiger partial charge on any atom is 0.352 e. The molecule has 71 heavy (non-hydrogen) atoms. The van der Waals surface area contributed by atoms with Crippen LogP contribution in [-0.2, 0) is 46.3 Å². The van der Waals surface area contributed by atoms with Gasteiger partial charge in [-0.1, -0.05) is 33.1 Å². The Balaban J connectivity index is 0.000000592. The number of hydroxylamine groups is 1. The van der Waals surface area contributed by atoms with Gasteiger partial charge in [0.05, 0.1) is 49.0 Å². The lowest BCUT2D eigenvalue weighted by molar-refractivity contribution is -0.0511. The minimum atomic E-state index is -0.951. The fourth-order valence-corrected chi connectivity index (χ4v) is 6.72. The standard InChI is InChI=1S/C20H26FIN4O5.C20H17FIN3O4.C6H15NO2.2CH4/c1-6-26-18(28)15(17(27)24-31-10-9-30-20(2,3)4)16(25(5)19(26)29)23-14-8-7-12(22)11-13(14)21;1-3-25-18(26)16(19(27)29-13-7-5-4-6-8-13)17(24(2)20(25)28)23-15-10-9-12(22)11-14(15)21;1-6(2,3)8-4-5-9-7;;/h7-8,11,23H,6,9-10H2,1-5H3,(H,24,27);4-11,23H,3H2,1-2H3;4-5,7H2,1-3H3;2*1H4. The number of rotatable bonds is 16. The van der Waals surface area contributed by atoms with Crippen molar-refractivity contribution in [1.29, 1.82) is 0 Å². The minimum Gasteiger partial charge on any atom is -0.423 e. The average Bonchev–Trinajstić information content (AvgIpc) is 3.26. The number of anilines is 4. The number of nitrogens with two attached hydrogens (primary N) is 1. The Labute approximate surface area is 439 Å². The number of para-hydroxylation sites is 1. The summed E-state index contributed by atoms with van der Waals surface area (Å²) in [6.45, 7) is 16.2. The highest BCUT2D eigenvalue weighted by atomic mass is 127. The zero-order valence-corrected chi connectivity index (χ0v) is 44.3. The Morgan fingerprint density at radius 3 is 1.48 bits per heavy atom. The van der Waals surface area contributed by atoms with E-state index in [-0.39, 0.29) is 86.7 Å². The molecule has 23 heteroatoms. The van der Waals surface area contributed by atoms with Crippen LogP contribution < -0.4 is 49.2 Å². The van der Waals surface area contributed by atoms with Crippen LogP contribution in [0.2, 0.25) is 0 Å². The molecule has 392 valence electrons. The lowest BCUT2D eigenvalue weighted by Crippen LogP contribution is -2.44. The molecule has 5 N–H and O–H groups in total. The third kappa shape index (κ3) is 19.0. The molecule has 3 aromatic carbocycles. The third-order valence-electron chi connectivity index (χ3n) is 9.11. The van der Waals surface area contributed by atoms with Gasteiger partial charge < -0.3 is 29.7 Å². The second-order valence-electron chi connectivity index (χ2n) is 16.5. The van der Waals surface area contributed by atoms with Crippen molar-refractivity contribution in [3.8, 4) is 5.75 Å². The van der Waals surface area contributed by atoms with E-state index < -0.39 is 51.6 Å². The molecule has 0 saturated heterocycles. The summed E-state index contributed by atoms with van der Waals surface area (Å²) in [6, 6.07) is 17.0. The topological polar surface area (TPSA) is 230 Å². The molecule has 5 rings (SSSR count). The Bertz CT molecular complexity index is 2810. The second kappa shape index (κ2) is 29.3. The van der Waals surface area contributed by atoms with Crippen LogP contribution in [0.1, 0.15) is 91.0 Å². The highest BCUT2D eigenvalue weighted by Gasteiger charge is 2.27. The summed E-state index contributed by atoms with van der Waals surface area (Å²) in [4.78, 5) is 85.9. The molecule has 0 spiro atoms. The van der Waals surface area contributed by atoms with Gasteiger partial charge in [0.1, 0.15) is 34.6 Å². The van der Waals surface area contributed by atoms with Crippen molar-refractivity contribution in [3.05, 3.63) is 138 Å². The van der Waals surface area contributed by atoms with Crippen LogP contribution in [0.3, 0.4) is 0 Å². The number of nitrogens with one attached hydrogen (secondary N) is 3. The molecule has 1 amide bonds. The van der Waals surface area contributed by atoms with Crippen LogP contribution in [0.5, 0.6) is 5.75 Å². The Morgan fingerprint density at radius 2 is 1.07 bits per heavy atom. The summed E-state index contributed by atoms with van der Waals surface area (Å²) in [5.41, 5.74) is -1.91. The summed E-state index contributed by atoms with van der Waals surface area (Å²) in [6.07, 6.45) is 0. The first-order valence-corrected chi connectivity index (χ1v) is 23.4. The largest absolute Gasteiger partial charge is 0.423 e. The lowest BCUT2D eigenvalue weighted by Gasteiger charge is -2.19. The minimum absolute atomic E-state index is 0. The second-order valence-corrected chi connectivity index (χ2v) is 19.0. The van der Waals surface area contributed by atoms with Gasteiger partial charge in [0.25, 0.3) is 17.0 Å².